The summed E-state index contributed by atoms with van der Waals surface area (Å²) in [6.07, 6.45) is 0. The first kappa shape index (κ1) is 15.7. The van der Waals surface area contributed by atoms with Gasteiger partial charge in [-0.25, -0.2) is 0 Å². The highest BCUT2D eigenvalue weighted by Gasteiger charge is 2.19. The van der Waals surface area contributed by atoms with Crippen LogP contribution >= 0.6 is 0 Å². The van der Waals surface area contributed by atoms with E-state index in [9.17, 15) is 0 Å². The van der Waals surface area contributed by atoms with Crippen LogP contribution in [0, 0.1) is 0 Å². The van der Waals surface area contributed by atoms with Gasteiger partial charge in [0.2, 0.25) is 11.6 Å². The predicted octanol–water partition coefficient (Wildman–Crippen LogP) is 2.19. The minimum Gasteiger partial charge on any atom is -0.493 e. The molecule has 0 aliphatic rings. The van der Waals surface area contributed by atoms with Gasteiger partial charge in [-0.2, -0.15) is 9.97 Å². The quantitative estimate of drug-likeness (QED) is 0.810. The molecule has 118 valence electrons. The lowest BCUT2D eigenvalue weighted by Gasteiger charge is -2.15. The number of hydrogen-bond acceptors (Lipinski definition) is 7. The van der Waals surface area contributed by atoms with Crippen molar-refractivity contribution in [2.75, 3.05) is 35.5 Å². The first-order chi connectivity index (χ1) is 10.7. The smallest absolute Gasteiger partial charge is 0.320 e. The SMILES string of the molecule is COc1cc(-c2ccc(OC)c(OC)c2OC)nc(OC)n1. The summed E-state index contributed by atoms with van der Waals surface area (Å²) in [4.78, 5) is 8.40. The highest BCUT2D eigenvalue weighted by molar-refractivity contribution is 5.74. The van der Waals surface area contributed by atoms with Crippen LogP contribution < -0.4 is 23.7 Å². The number of methoxy groups -OCH3 is 5. The van der Waals surface area contributed by atoms with Gasteiger partial charge < -0.3 is 23.7 Å². The number of hydrogen-bond donors (Lipinski definition) is 0. The molecule has 1 aromatic heterocycles. The molecule has 0 saturated carbocycles. The molecular formula is C15H18N2O5. The van der Waals surface area contributed by atoms with Crippen LogP contribution in [0.4, 0.5) is 0 Å². The molecule has 1 heterocycles. The fourth-order valence-corrected chi connectivity index (χ4v) is 2.04. The molecule has 7 heteroatoms. The zero-order valence-electron chi connectivity index (χ0n) is 13.2. The molecule has 2 aromatic rings. The summed E-state index contributed by atoms with van der Waals surface area (Å²) in [5.41, 5.74) is 1.29. The minimum atomic E-state index is 0.200. The molecule has 2 rings (SSSR count). The molecule has 0 unspecified atom stereocenters. The lowest BCUT2D eigenvalue weighted by atomic mass is 10.1. The van der Waals surface area contributed by atoms with E-state index in [2.05, 4.69) is 9.97 Å². The Balaban J connectivity index is 2.66. The van der Waals surface area contributed by atoms with Gasteiger partial charge in [-0.3, -0.25) is 0 Å². The van der Waals surface area contributed by atoms with Gasteiger partial charge in [0.15, 0.2) is 11.5 Å². The lowest BCUT2D eigenvalue weighted by Crippen LogP contribution is -2.00. The summed E-state index contributed by atoms with van der Waals surface area (Å²) < 4.78 is 26.4. The van der Waals surface area contributed by atoms with E-state index in [0.717, 1.165) is 0 Å². The summed E-state index contributed by atoms with van der Waals surface area (Å²) in [5, 5.41) is 0. The Morgan fingerprint density at radius 3 is 2.00 bits per heavy atom. The predicted molar refractivity (Wildman–Crippen MR) is 80.2 cm³/mol. The van der Waals surface area contributed by atoms with Crippen molar-refractivity contribution in [2.45, 2.75) is 0 Å². The third-order valence-corrected chi connectivity index (χ3v) is 3.05. The average Bonchev–Trinajstić information content (AvgIpc) is 2.59. The molecule has 7 nitrogen and oxygen atoms in total. The van der Waals surface area contributed by atoms with Gasteiger partial charge in [0, 0.05) is 11.6 Å². The summed E-state index contributed by atoms with van der Waals surface area (Å²) in [6, 6.07) is 5.48. The number of rotatable bonds is 6. The molecule has 0 atom stereocenters. The van der Waals surface area contributed by atoms with Crippen LogP contribution in [0.5, 0.6) is 29.1 Å². The monoisotopic (exact) mass is 306 g/mol. The van der Waals surface area contributed by atoms with Crippen molar-refractivity contribution in [3.63, 3.8) is 0 Å². The zero-order chi connectivity index (χ0) is 16.1. The van der Waals surface area contributed by atoms with Gasteiger partial charge in [-0.1, -0.05) is 0 Å². The zero-order valence-corrected chi connectivity index (χ0v) is 13.2. The van der Waals surface area contributed by atoms with Crippen molar-refractivity contribution in [1.29, 1.82) is 0 Å². The molecule has 0 aliphatic heterocycles. The summed E-state index contributed by atoms with van der Waals surface area (Å²) in [6.45, 7) is 0. The average molecular weight is 306 g/mol. The van der Waals surface area contributed by atoms with E-state index in [1.165, 1.54) is 14.2 Å². The lowest BCUT2D eigenvalue weighted by molar-refractivity contribution is 0.325. The summed E-state index contributed by atoms with van der Waals surface area (Å²) >= 11 is 0. The Morgan fingerprint density at radius 2 is 1.45 bits per heavy atom. The molecule has 1 aromatic carbocycles. The van der Waals surface area contributed by atoms with Crippen molar-refractivity contribution in [1.82, 2.24) is 9.97 Å². The standard InChI is InChI=1S/C15H18N2O5/c1-18-11-7-6-9(13(20-3)14(11)21-4)10-8-12(19-2)17-15(16-10)22-5/h6-8H,1-5H3. The van der Waals surface area contributed by atoms with Crippen molar-refractivity contribution in [3.8, 4) is 40.4 Å². The molecule has 0 spiro atoms. The van der Waals surface area contributed by atoms with E-state index in [0.29, 0.717) is 34.4 Å². The van der Waals surface area contributed by atoms with E-state index in [1.54, 1.807) is 33.5 Å². The van der Waals surface area contributed by atoms with E-state index >= 15 is 0 Å². The number of ether oxygens (including phenoxy) is 5. The van der Waals surface area contributed by atoms with Crippen molar-refractivity contribution in [3.05, 3.63) is 18.2 Å². The molecule has 0 N–H and O–H groups in total. The van der Waals surface area contributed by atoms with E-state index < -0.39 is 0 Å². The highest BCUT2D eigenvalue weighted by atomic mass is 16.5. The first-order valence-electron chi connectivity index (χ1n) is 6.44. The molecule has 0 amide bonds. The third kappa shape index (κ3) is 2.83. The molecule has 22 heavy (non-hydrogen) atoms. The number of benzene rings is 1. The maximum absolute atomic E-state index is 5.46. The molecule has 0 bridgehead atoms. The van der Waals surface area contributed by atoms with Crippen LogP contribution in [0.1, 0.15) is 0 Å². The van der Waals surface area contributed by atoms with E-state index in [-0.39, 0.29) is 6.01 Å². The molecule has 0 fully saturated rings. The molecule has 0 saturated heterocycles. The second-order valence-electron chi connectivity index (χ2n) is 4.16. The molecular weight excluding hydrogens is 288 g/mol. The van der Waals surface area contributed by atoms with Crippen LogP contribution in [0.25, 0.3) is 11.3 Å². The van der Waals surface area contributed by atoms with E-state index in [1.807, 2.05) is 6.07 Å². The van der Waals surface area contributed by atoms with Gasteiger partial charge in [0.05, 0.1) is 41.2 Å². The summed E-state index contributed by atoms with van der Waals surface area (Å²) in [7, 11) is 7.68. The van der Waals surface area contributed by atoms with Gasteiger partial charge in [0.1, 0.15) is 0 Å². The minimum absolute atomic E-state index is 0.200. The summed E-state index contributed by atoms with van der Waals surface area (Å²) in [5.74, 6) is 1.94. The second-order valence-corrected chi connectivity index (χ2v) is 4.16. The van der Waals surface area contributed by atoms with Crippen LogP contribution in [-0.2, 0) is 0 Å². The largest absolute Gasteiger partial charge is 0.493 e. The third-order valence-electron chi connectivity index (χ3n) is 3.05. The normalized spacial score (nSPS) is 10.0. The number of nitrogens with zero attached hydrogens (tertiary/aromatic N) is 2. The molecule has 0 radical (unpaired) electrons. The Morgan fingerprint density at radius 1 is 0.727 bits per heavy atom. The van der Waals surface area contributed by atoms with Crippen molar-refractivity contribution in [2.24, 2.45) is 0 Å². The fourth-order valence-electron chi connectivity index (χ4n) is 2.04. The van der Waals surface area contributed by atoms with Gasteiger partial charge >= 0.3 is 6.01 Å². The maximum Gasteiger partial charge on any atom is 0.320 e. The second kappa shape index (κ2) is 6.84. The number of aromatic nitrogens is 2. The first-order valence-corrected chi connectivity index (χ1v) is 6.44. The maximum atomic E-state index is 5.46. The Labute approximate surface area is 128 Å². The topological polar surface area (TPSA) is 71.9 Å². The van der Waals surface area contributed by atoms with Gasteiger partial charge in [-0.05, 0) is 12.1 Å². The Bertz CT molecular complexity index is 638. The van der Waals surface area contributed by atoms with Crippen LogP contribution in [-0.4, -0.2) is 45.5 Å². The van der Waals surface area contributed by atoms with Gasteiger partial charge in [0.25, 0.3) is 0 Å². The van der Waals surface area contributed by atoms with Crippen LogP contribution in [0.2, 0.25) is 0 Å². The van der Waals surface area contributed by atoms with Crippen molar-refractivity contribution >= 4 is 0 Å². The Kier molecular flexibility index (Phi) is 4.88. The van der Waals surface area contributed by atoms with Crippen LogP contribution in [0.3, 0.4) is 0 Å². The highest BCUT2D eigenvalue weighted by Crippen LogP contribution is 2.44. The molecule has 0 aliphatic carbocycles. The van der Waals surface area contributed by atoms with Gasteiger partial charge in [-0.15, -0.1) is 0 Å². The Hall–Kier alpha value is -2.70. The van der Waals surface area contributed by atoms with Crippen LogP contribution in [0.15, 0.2) is 18.2 Å². The fraction of sp³-hybridized carbons (Fsp3) is 0.333. The van der Waals surface area contributed by atoms with Crippen molar-refractivity contribution < 1.29 is 23.7 Å². The van der Waals surface area contributed by atoms with E-state index in [4.69, 9.17) is 23.7 Å².